The molecule has 6 heteroatoms. The van der Waals surface area contributed by atoms with Crippen LogP contribution in [0.25, 0.3) is 0 Å². The molecule has 1 saturated heterocycles. The summed E-state index contributed by atoms with van der Waals surface area (Å²) in [7, 11) is 0. The number of nitrogens with one attached hydrogen (secondary N) is 1. The van der Waals surface area contributed by atoms with Crippen LogP contribution in [0.4, 0.5) is 5.82 Å². The molecule has 1 atom stereocenters. The van der Waals surface area contributed by atoms with Crippen molar-refractivity contribution in [1.29, 1.82) is 0 Å². The highest BCUT2D eigenvalue weighted by molar-refractivity contribution is 5.79. The van der Waals surface area contributed by atoms with Crippen LogP contribution >= 0.6 is 0 Å². The number of aromatic nitrogens is 2. The van der Waals surface area contributed by atoms with Gasteiger partial charge < -0.3 is 10.2 Å². The third kappa shape index (κ3) is 3.62. The summed E-state index contributed by atoms with van der Waals surface area (Å²) in [6, 6.07) is 3.71. The summed E-state index contributed by atoms with van der Waals surface area (Å²) in [6.45, 7) is 5.51. The molecule has 2 heterocycles. The summed E-state index contributed by atoms with van der Waals surface area (Å²) in [4.78, 5) is 26.3. The van der Waals surface area contributed by atoms with Crippen molar-refractivity contribution in [1.82, 2.24) is 15.1 Å². The van der Waals surface area contributed by atoms with E-state index in [2.05, 4.69) is 15.3 Å². The monoisotopic (exact) mass is 332 g/mol. The molecule has 1 N–H and O–H groups in total. The maximum atomic E-state index is 12.1. The smallest absolute Gasteiger partial charge is 0.267 e. The molecule has 24 heavy (non-hydrogen) atoms. The number of carbonyl (C=O) groups is 1. The fourth-order valence-corrected chi connectivity index (χ4v) is 3.49. The molecule has 1 aliphatic carbocycles. The van der Waals surface area contributed by atoms with Gasteiger partial charge in [0.1, 0.15) is 5.82 Å². The zero-order valence-electron chi connectivity index (χ0n) is 14.7. The highest BCUT2D eigenvalue weighted by Gasteiger charge is 2.28. The molecule has 3 rings (SSSR count). The van der Waals surface area contributed by atoms with Crippen molar-refractivity contribution in [3.05, 3.63) is 22.5 Å². The zero-order valence-corrected chi connectivity index (χ0v) is 14.7. The van der Waals surface area contributed by atoms with Crippen LogP contribution in [-0.4, -0.2) is 34.8 Å². The van der Waals surface area contributed by atoms with E-state index >= 15 is 0 Å². The lowest BCUT2D eigenvalue weighted by atomic mass is 9.85. The lowest BCUT2D eigenvalue weighted by Crippen LogP contribution is -2.49. The third-order valence-corrected chi connectivity index (χ3v) is 5.21. The Kier molecular flexibility index (Phi) is 5.21. The van der Waals surface area contributed by atoms with Crippen LogP contribution in [0.1, 0.15) is 58.4 Å². The van der Waals surface area contributed by atoms with E-state index < -0.39 is 0 Å². The van der Waals surface area contributed by atoms with Gasteiger partial charge in [-0.25, -0.2) is 4.68 Å². The second kappa shape index (κ2) is 7.36. The van der Waals surface area contributed by atoms with Gasteiger partial charge in [-0.05, 0) is 52.0 Å². The van der Waals surface area contributed by atoms with Crippen LogP contribution in [0.2, 0.25) is 0 Å². The predicted molar refractivity (Wildman–Crippen MR) is 94.2 cm³/mol. The summed E-state index contributed by atoms with van der Waals surface area (Å²) in [5.41, 5.74) is -0.0689. The second-order valence-corrected chi connectivity index (χ2v) is 7.28. The van der Waals surface area contributed by atoms with Gasteiger partial charge in [0.05, 0.1) is 6.04 Å². The average molecular weight is 332 g/mol. The molecule has 0 bridgehead atoms. The number of hydrogen-bond acceptors (Lipinski definition) is 4. The first kappa shape index (κ1) is 17.0. The lowest BCUT2D eigenvalue weighted by molar-refractivity contribution is -0.127. The molecule has 1 aliphatic heterocycles. The Morgan fingerprint density at radius 3 is 2.71 bits per heavy atom. The van der Waals surface area contributed by atoms with Crippen LogP contribution in [-0.2, 0) is 4.79 Å². The topological polar surface area (TPSA) is 67.2 Å². The minimum atomic E-state index is -0.0689. The van der Waals surface area contributed by atoms with Crippen molar-refractivity contribution < 1.29 is 4.79 Å². The van der Waals surface area contributed by atoms with Crippen molar-refractivity contribution >= 4 is 11.7 Å². The second-order valence-electron chi connectivity index (χ2n) is 7.28. The molecular weight excluding hydrogens is 304 g/mol. The largest absolute Gasteiger partial charge is 0.354 e. The van der Waals surface area contributed by atoms with Crippen molar-refractivity contribution in [2.24, 2.45) is 5.92 Å². The Bertz CT molecular complexity index is 636. The Balaban J connectivity index is 1.70. The van der Waals surface area contributed by atoms with E-state index in [1.54, 1.807) is 6.07 Å². The highest BCUT2D eigenvalue weighted by atomic mass is 16.2. The molecule has 1 aromatic heterocycles. The fraction of sp³-hybridized carbons (Fsp3) is 0.722. The summed E-state index contributed by atoms with van der Waals surface area (Å²) in [5, 5.41) is 7.68. The maximum Gasteiger partial charge on any atom is 0.267 e. The van der Waals surface area contributed by atoms with Gasteiger partial charge in [-0.3, -0.25) is 9.59 Å². The maximum absolute atomic E-state index is 12.1. The SMILES string of the molecule is CC(C)n1nc(N2CCCCC2CNC(=O)C2CCC2)ccc1=O. The number of piperidine rings is 1. The van der Waals surface area contributed by atoms with E-state index in [1.165, 1.54) is 17.5 Å². The van der Waals surface area contributed by atoms with Gasteiger partial charge in [0.2, 0.25) is 5.91 Å². The Labute approximate surface area is 143 Å². The minimum Gasteiger partial charge on any atom is -0.354 e. The first-order valence-electron chi connectivity index (χ1n) is 9.20. The van der Waals surface area contributed by atoms with Gasteiger partial charge in [-0.15, -0.1) is 0 Å². The summed E-state index contributed by atoms with van der Waals surface area (Å²) >= 11 is 0. The molecule has 2 fully saturated rings. The molecule has 6 nitrogen and oxygen atoms in total. The number of carbonyl (C=O) groups excluding carboxylic acids is 1. The quantitative estimate of drug-likeness (QED) is 0.897. The van der Waals surface area contributed by atoms with Crippen LogP contribution in [0.3, 0.4) is 0 Å². The van der Waals surface area contributed by atoms with Crippen molar-refractivity contribution in [2.45, 2.75) is 64.5 Å². The van der Waals surface area contributed by atoms with Crippen LogP contribution in [0.15, 0.2) is 16.9 Å². The fourth-order valence-electron chi connectivity index (χ4n) is 3.49. The van der Waals surface area contributed by atoms with Crippen LogP contribution in [0, 0.1) is 5.92 Å². The first-order chi connectivity index (χ1) is 11.6. The normalized spacial score (nSPS) is 21.6. The summed E-state index contributed by atoms with van der Waals surface area (Å²) in [5.74, 6) is 1.26. The Morgan fingerprint density at radius 1 is 1.25 bits per heavy atom. The number of amides is 1. The number of rotatable bonds is 5. The molecule has 0 radical (unpaired) electrons. The van der Waals surface area contributed by atoms with Gasteiger partial charge >= 0.3 is 0 Å². The molecule has 1 saturated carbocycles. The molecule has 132 valence electrons. The summed E-state index contributed by atoms with van der Waals surface area (Å²) in [6.07, 6.45) is 6.57. The number of nitrogens with zero attached hydrogens (tertiary/aromatic N) is 3. The third-order valence-electron chi connectivity index (χ3n) is 5.21. The van der Waals surface area contributed by atoms with E-state index in [-0.39, 0.29) is 29.5 Å². The van der Waals surface area contributed by atoms with Crippen molar-refractivity contribution in [2.75, 3.05) is 18.0 Å². The molecule has 0 aromatic carbocycles. The minimum absolute atomic E-state index is 0.0407. The van der Waals surface area contributed by atoms with Gasteiger partial charge in [-0.1, -0.05) is 6.42 Å². The predicted octanol–water partition coefficient (Wildman–Crippen LogP) is 2.10. The highest BCUT2D eigenvalue weighted by Crippen LogP contribution is 2.27. The average Bonchev–Trinajstić information content (AvgIpc) is 2.52. The summed E-state index contributed by atoms with van der Waals surface area (Å²) < 4.78 is 1.54. The molecule has 1 aromatic rings. The molecule has 1 unspecified atom stereocenters. The van der Waals surface area contributed by atoms with E-state index in [4.69, 9.17) is 0 Å². The lowest BCUT2D eigenvalue weighted by Gasteiger charge is -2.37. The van der Waals surface area contributed by atoms with E-state index in [0.29, 0.717) is 6.54 Å². The Morgan fingerprint density at radius 2 is 2.04 bits per heavy atom. The Hall–Kier alpha value is -1.85. The van der Waals surface area contributed by atoms with E-state index in [1.807, 2.05) is 19.9 Å². The molecule has 1 amide bonds. The number of anilines is 1. The van der Waals surface area contributed by atoms with Crippen molar-refractivity contribution in [3.63, 3.8) is 0 Å². The van der Waals surface area contributed by atoms with Gasteiger partial charge in [0.15, 0.2) is 0 Å². The van der Waals surface area contributed by atoms with Crippen LogP contribution < -0.4 is 15.8 Å². The first-order valence-corrected chi connectivity index (χ1v) is 9.20. The van der Waals surface area contributed by atoms with Crippen molar-refractivity contribution in [3.8, 4) is 0 Å². The van der Waals surface area contributed by atoms with Crippen LogP contribution in [0.5, 0.6) is 0 Å². The molecule has 0 spiro atoms. The van der Waals surface area contributed by atoms with Gasteiger partial charge in [-0.2, -0.15) is 5.10 Å². The molecule has 2 aliphatic rings. The van der Waals surface area contributed by atoms with Gasteiger partial charge in [0, 0.05) is 31.1 Å². The van der Waals surface area contributed by atoms with E-state index in [0.717, 1.165) is 38.0 Å². The molecular formula is C18H28N4O2. The zero-order chi connectivity index (χ0) is 17.1. The van der Waals surface area contributed by atoms with Gasteiger partial charge in [0.25, 0.3) is 5.56 Å². The standard InChI is InChI=1S/C18H28N4O2/c1-13(2)22-17(23)10-9-16(20-22)21-11-4-3-8-15(21)12-19-18(24)14-6-5-7-14/h9-10,13-15H,3-8,11-12H2,1-2H3,(H,19,24). The van der Waals surface area contributed by atoms with E-state index in [9.17, 15) is 9.59 Å². The number of hydrogen-bond donors (Lipinski definition) is 1.